The smallest absolute Gasteiger partial charge is 0.102 e. The van der Waals surface area contributed by atoms with Gasteiger partial charge in [0.05, 0.1) is 26.4 Å². The summed E-state index contributed by atoms with van der Waals surface area (Å²) in [6, 6.07) is 0. The van der Waals surface area contributed by atoms with E-state index in [0.29, 0.717) is 24.1 Å². The zero-order chi connectivity index (χ0) is 16.5. The maximum atomic E-state index is 9.24. The van der Waals surface area contributed by atoms with E-state index >= 15 is 0 Å². The van der Waals surface area contributed by atoms with E-state index < -0.39 is 0 Å². The fourth-order valence-corrected chi connectivity index (χ4v) is 3.24. The molecule has 4 nitrogen and oxygen atoms in total. The molecule has 0 saturated carbocycles. The lowest BCUT2D eigenvalue weighted by Gasteiger charge is -2.37. The highest BCUT2D eigenvalue weighted by Gasteiger charge is 2.25. The third-order valence-corrected chi connectivity index (χ3v) is 4.71. The van der Waals surface area contributed by atoms with Crippen molar-refractivity contribution in [1.29, 1.82) is 0 Å². The number of nitrogens with zero attached hydrogens (tertiary/aromatic N) is 1. The zero-order valence-corrected chi connectivity index (χ0v) is 15.9. The van der Waals surface area contributed by atoms with Crippen LogP contribution in [0.5, 0.6) is 0 Å². The van der Waals surface area contributed by atoms with E-state index in [1.54, 1.807) is 0 Å². The van der Waals surface area contributed by atoms with Crippen molar-refractivity contribution in [2.75, 3.05) is 46.0 Å². The molecule has 0 saturated heterocycles. The van der Waals surface area contributed by atoms with E-state index in [4.69, 9.17) is 0 Å². The summed E-state index contributed by atoms with van der Waals surface area (Å²) in [7, 11) is 0. The van der Waals surface area contributed by atoms with Crippen molar-refractivity contribution < 1.29 is 32.2 Å². The number of rotatable bonds is 17. The van der Waals surface area contributed by atoms with E-state index in [0.717, 1.165) is 13.0 Å². The van der Waals surface area contributed by atoms with E-state index in [2.05, 4.69) is 6.92 Å². The van der Waals surface area contributed by atoms with Crippen LogP contribution in [0.2, 0.25) is 0 Å². The molecule has 5 heteroatoms. The van der Waals surface area contributed by atoms with Crippen molar-refractivity contribution >= 4 is 0 Å². The molecule has 0 unspecified atom stereocenters. The number of hydrogen-bond acceptors (Lipinski definition) is 3. The van der Waals surface area contributed by atoms with Gasteiger partial charge in [0.15, 0.2) is 0 Å². The normalized spacial score (nSPS) is 11.5. The molecule has 0 amide bonds. The molecule has 0 aromatic heterocycles. The fraction of sp³-hybridized carbons (Fsp3) is 1.00. The molecule has 0 radical (unpaired) electrons. The molecular formula is C18H40ClNO3. The molecular weight excluding hydrogens is 314 g/mol. The maximum Gasteiger partial charge on any atom is 0.102 e. The Labute approximate surface area is 149 Å². The first kappa shape index (κ1) is 25.4. The summed E-state index contributed by atoms with van der Waals surface area (Å²) in [6.45, 7) is 5.49. The molecule has 0 spiro atoms. The fourth-order valence-electron chi connectivity index (χ4n) is 3.24. The Kier molecular flexibility index (Phi) is 20.4. The van der Waals surface area contributed by atoms with Crippen LogP contribution in [0.25, 0.3) is 0 Å². The van der Waals surface area contributed by atoms with Gasteiger partial charge >= 0.3 is 0 Å². The topological polar surface area (TPSA) is 60.7 Å². The second-order valence-electron chi connectivity index (χ2n) is 6.59. The molecule has 3 N–H and O–H groups in total. The summed E-state index contributed by atoms with van der Waals surface area (Å²) in [5.41, 5.74) is 0. The number of hydrogen-bond donors (Lipinski definition) is 3. The Balaban J connectivity index is 0. The first-order valence-corrected chi connectivity index (χ1v) is 9.42. The summed E-state index contributed by atoms with van der Waals surface area (Å²) >= 11 is 0. The molecule has 0 heterocycles. The van der Waals surface area contributed by atoms with Gasteiger partial charge in [-0.15, -0.1) is 0 Å². The minimum Gasteiger partial charge on any atom is -1.00 e. The van der Waals surface area contributed by atoms with Crippen LogP contribution in [0.4, 0.5) is 0 Å². The van der Waals surface area contributed by atoms with Crippen LogP contribution in [0.15, 0.2) is 0 Å². The standard InChI is InChI=1S/C18H40NO3.ClH/c1-2-3-4-5-6-7-8-9-10-11-12-19(13-16-20,14-17-21)15-18-22;/h20-22H,2-18H2,1H3;1H/q+1;/p-1. The predicted octanol–water partition coefficient (Wildman–Crippen LogP) is -0.295. The van der Waals surface area contributed by atoms with Crippen LogP contribution in [-0.2, 0) is 0 Å². The lowest BCUT2D eigenvalue weighted by Crippen LogP contribution is -3.00. The molecule has 0 bridgehead atoms. The summed E-state index contributed by atoms with van der Waals surface area (Å²) in [5.74, 6) is 0. The lowest BCUT2D eigenvalue weighted by atomic mass is 10.1. The Morgan fingerprint density at radius 2 is 0.870 bits per heavy atom. The van der Waals surface area contributed by atoms with Crippen LogP contribution in [0.1, 0.15) is 71.1 Å². The Hall–Kier alpha value is 0.130. The van der Waals surface area contributed by atoms with Gasteiger partial charge in [-0.3, -0.25) is 0 Å². The van der Waals surface area contributed by atoms with Gasteiger partial charge in [-0.05, 0) is 12.8 Å². The van der Waals surface area contributed by atoms with Crippen LogP contribution < -0.4 is 12.4 Å². The van der Waals surface area contributed by atoms with E-state index in [1.807, 2.05) is 0 Å². The van der Waals surface area contributed by atoms with Gasteiger partial charge in [-0.25, -0.2) is 0 Å². The van der Waals surface area contributed by atoms with Crippen molar-refractivity contribution in [2.45, 2.75) is 71.1 Å². The third-order valence-electron chi connectivity index (χ3n) is 4.71. The quantitative estimate of drug-likeness (QED) is 0.249. The average molecular weight is 354 g/mol. The molecule has 142 valence electrons. The summed E-state index contributed by atoms with van der Waals surface area (Å²) < 4.78 is 0.653. The van der Waals surface area contributed by atoms with Gasteiger partial charge in [0, 0.05) is 0 Å². The highest BCUT2D eigenvalue weighted by Crippen LogP contribution is 2.13. The first-order chi connectivity index (χ1) is 10.7. The van der Waals surface area contributed by atoms with Gasteiger partial charge in [0.1, 0.15) is 19.6 Å². The number of halogens is 1. The molecule has 0 atom stereocenters. The van der Waals surface area contributed by atoms with Crippen LogP contribution in [-0.4, -0.2) is 65.8 Å². The predicted molar refractivity (Wildman–Crippen MR) is 92.8 cm³/mol. The van der Waals surface area contributed by atoms with Crippen molar-refractivity contribution in [2.24, 2.45) is 0 Å². The Bertz CT molecular complexity index is 213. The number of unbranched alkanes of at least 4 members (excludes halogenated alkanes) is 9. The molecule has 0 aromatic rings. The van der Waals surface area contributed by atoms with Gasteiger partial charge < -0.3 is 32.2 Å². The summed E-state index contributed by atoms with van der Waals surface area (Å²) in [6.07, 6.45) is 13.1. The van der Waals surface area contributed by atoms with Gasteiger partial charge in [-0.1, -0.05) is 58.3 Å². The minimum absolute atomic E-state index is 0. The van der Waals surface area contributed by atoms with Crippen molar-refractivity contribution in [3.05, 3.63) is 0 Å². The van der Waals surface area contributed by atoms with Gasteiger partial charge in [0.2, 0.25) is 0 Å². The minimum atomic E-state index is 0. The second-order valence-corrected chi connectivity index (χ2v) is 6.59. The number of aliphatic hydroxyl groups excluding tert-OH is 3. The second kappa shape index (κ2) is 18.5. The average Bonchev–Trinajstić information content (AvgIpc) is 2.50. The Morgan fingerprint density at radius 1 is 0.522 bits per heavy atom. The van der Waals surface area contributed by atoms with Gasteiger partial charge in [-0.2, -0.15) is 0 Å². The zero-order valence-electron chi connectivity index (χ0n) is 15.2. The molecule has 0 aliphatic carbocycles. The Morgan fingerprint density at radius 3 is 1.22 bits per heavy atom. The van der Waals surface area contributed by atoms with Crippen LogP contribution in [0, 0.1) is 0 Å². The van der Waals surface area contributed by atoms with E-state index in [-0.39, 0.29) is 32.2 Å². The number of aliphatic hydroxyl groups is 3. The highest BCUT2D eigenvalue weighted by atomic mass is 35.5. The molecule has 23 heavy (non-hydrogen) atoms. The lowest BCUT2D eigenvalue weighted by molar-refractivity contribution is -0.929. The maximum absolute atomic E-state index is 9.24. The first-order valence-electron chi connectivity index (χ1n) is 9.42. The number of quaternary nitrogens is 1. The molecule has 0 fully saturated rings. The van der Waals surface area contributed by atoms with E-state index in [1.165, 1.54) is 57.8 Å². The molecule has 0 aromatic carbocycles. The van der Waals surface area contributed by atoms with Gasteiger partial charge in [0.25, 0.3) is 0 Å². The van der Waals surface area contributed by atoms with Crippen LogP contribution in [0.3, 0.4) is 0 Å². The summed E-state index contributed by atoms with van der Waals surface area (Å²) in [4.78, 5) is 0. The van der Waals surface area contributed by atoms with E-state index in [9.17, 15) is 15.3 Å². The van der Waals surface area contributed by atoms with Crippen molar-refractivity contribution in [3.63, 3.8) is 0 Å². The molecule has 0 aliphatic rings. The SMILES string of the molecule is CCCCCCCCCCCC[N+](CCO)(CCO)CCO.[Cl-]. The monoisotopic (exact) mass is 353 g/mol. The van der Waals surface area contributed by atoms with Crippen molar-refractivity contribution in [3.8, 4) is 0 Å². The third kappa shape index (κ3) is 14.2. The van der Waals surface area contributed by atoms with Crippen LogP contribution >= 0.6 is 0 Å². The largest absolute Gasteiger partial charge is 1.00 e. The summed E-state index contributed by atoms with van der Waals surface area (Å²) in [5, 5.41) is 27.7. The molecule has 0 aliphatic heterocycles. The highest BCUT2D eigenvalue weighted by molar-refractivity contribution is 4.50. The molecule has 0 rings (SSSR count). The van der Waals surface area contributed by atoms with Crippen molar-refractivity contribution in [1.82, 2.24) is 0 Å².